The zero-order valence-corrected chi connectivity index (χ0v) is 14.2. The Morgan fingerprint density at radius 1 is 1.14 bits per heavy atom. The van der Waals surface area contributed by atoms with Crippen molar-refractivity contribution in [1.82, 2.24) is 0 Å². The molecule has 5 nitrogen and oxygen atoms in total. The number of para-hydroxylation sites is 2. The zero-order valence-electron chi connectivity index (χ0n) is 13.4. The molecule has 0 radical (unpaired) electrons. The monoisotopic (exact) mass is 330 g/mol. The minimum atomic E-state index is -0.105. The first-order valence-electron chi connectivity index (χ1n) is 7.84. The van der Waals surface area contributed by atoms with Crippen molar-refractivity contribution in [3.05, 3.63) is 24.3 Å². The van der Waals surface area contributed by atoms with Crippen LogP contribution >= 0.6 is 0 Å². The first kappa shape index (κ1) is 19.0. The minimum Gasteiger partial charge on any atom is -1.00 e. The molecule has 1 fully saturated rings. The molecular formula is C16H27ClN2O3. The van der Waals surface area contributed by atoms with Crippen molar-refractivity contribution in [2.75, 3.05) is 50.8 Å². The average molecular weight is 331 g/mol. The van der Waals surface area contributed by atoms with Gasteiger partial charge in [-0.2, -0.15) is 0 Å². The largest absolute Gasteiger partial charge is 1.00 e. The van der Waals surface area contributed by atoms with Gasteiger partial charge in [0.25, 0.3) is 0 Å². The van der Waals surface area contributed by atoms with Crippen molar-refractivity contribution in [2.24, 2.45) is 0 Å². The molecule has 0 aromatic heterocycles. The van der Waals surface area contributed by atoms with Crippen molar-refractivity contribution in [1.29, 1.82) is 0 Å². The fourth-order valence-corrected chi connectivity index (χ4v) is 2.77. The summed E-state index contributed by atoms with van der Waals surface area (Å²) in [5, 5.41) is 9.93. The molecule has 1 heterocycles. The number of aromatic hydroxyl groups is 1. The van der Waals surface area contributed by atoms with Crippen LogP contribution in [-0.2, 0) is 9.47 Å². The number of ether oxygens (including phenoxy) is 2. The second-order valence-electron chi connectivity index (χ2n) is 5.27. The number of anilines is 1. The molecule has 22 heavy (non-hydrogen) atoms. The third-order valence-corrected chi connectivity index (χ3v) is 3.85. The van der Waals surface area contributed by atoms with Gasteiger partial charge < -0.3 is 36.8 Å². The highest BCUT2D eigenvalue weighted by Crippen LogP contribution is 2.25. The molecule has 2 N–H and O–H groups in total. The van der Waals surface area contributed by atoms with Crippen LogP contribution in [0.25, 0.3) is 0 Å². The summed E-state index contributed by atoms with van der Waals surface area (Å²) in [5.74, 6) is 0.363. The molecule has 2 rings (SSSR count). The third-order valence-electron chi connectivity index (χ3n) is 3.85. The summed E-state index contributed by atoms with van der Waals surface area (Å²) < 4.78 is 11.2. The molecule has 126 valence electrons. The minimum absolute atomic E-state index is 0. The number of rotatable bonds is 7. The number of hydrogen-bond acceptors (Lipinski definition) is 4. The van der Waals surface area contributed by atoms with E-state index in [-0.39, 0.29) is 18.7 Å². The van der Waals surface area contributed by atoms with E-state index in [1.165, 1.54) is 4.90 Å². The van der Waals surface area contributed by atoms with Gasteiger partial charge in [0.15, 0.2) is 0 Å². The first-order chi connectivity index (χ1) is 10.2. The number of benzene rings is 1. The van der Waals surface area contributed by atoms with E-state index in [9.17, 15) is 5.11 Å². The van der Waals surface area contributed by atoms with E-state index in [2.05, 4.69) is 4.90 Å². The first-order valence-corrected chi connectivity index (χ1v) is 7.84. The summed E-state index contributed by atoms with van der Waals surface area (Å²) in [6.45, 7) is 10.2. The number of nitrogens with zero attached hydrogens (tertiary/aromatic N) is 1. The second kappa shape index (κ2) is 9.90. The van der Waals surface area contributed by atoms with Gasteiger partial charge in [-0.25, -0.2) is 0 Å². The van der Waals surface area contributed by atoms with Crippen LogP contribution in [0.1, 0.15) is 13.8 Å². The fraction of sp³-hybridized carbons (Fsp3) is 0.625. The Morgan fingerprint density at radius 3 is 2.27 bits per heavy atom. The molecule has 1 aromatic rings. The summed E-state index contributed by atoms with van der Waals surface area (Å²) in [6.07, 6.45) is -0.105. The van der Waals surface area contributed by atoms with Crippen molar-refractivity contribution in [3.63, 3.8) is 0 Å². The Morgan fingerprint density at radius 2 is 1.73 bits per heavy atom. The van der Waals surface area contributed by atoms with Crippen molar-refractivity contribution in [2.45, 2.75) is 20.1 Å². The molecule has 1 aromatic carbocycles. The smallest absolute Gasteiger partial charge is 0.207 e. The van der Waals surface area contributed by atoms with Crippen LogP contribution in [0, 0.1) is 0 Å². The summed E-state index contributed by atoms with van der Waals surface area (Å²) in [7, 11) is 0. The van der Waals surface area contributed by atoms with Gasteiger partial charge in [-0.1, -0.05) is 12.1 Å². The topological polar surface area (TPSA) is 46.4 Å². The van der Waals surface area contributed by atoms with E-state index in [0.717, 1.165) is 38.4 Å². The molecule has 0 unspecified atom stereocenters. The van der Waals surface area contributed by atoms with Crippen molar-refractivity contribution < 1.29 is 31.9 Å². The van der Waals surface area contributed by atoms with Gasteiger partial charge >= 0.3 is 0 Å². The second-order valence-corrected chi connectivity index (χ2v) is 5.27. The van der Waals surface area contributed by atoms with Gasteiger partial charge in [-0.15, -0.1) is 0 Å². The van der Waals surface area contributed by atoms with Gasteiger partial charge in [0.05, 0.1) is 31.9 Å². The Kier molecular flexibility index (Phi) is 8.56. The fourth-order valence-electron chi connectivity index (χ4n) is 2.77. The molecule has 0 atom stereocenters. The molecule has 0 spiro atoms. The van der Waals surface area contributed by atoms with Gasteiger partial charge in [-0.05, 0) is 26.0 Å². The Hall–Kier alpha value is -1.01. The number of hydrogen-bond donors (Lipinski definition) is 2. The highest BCUT2D eigenvalue weighted by Gasteiger charge is 2.24. The number of phenolic OH excluding ortho intramolecular Hbond substituents is 1. The van der Waals surface area contributed by atoms with Crippen LogP contribution in [0.2, 0.25) is 0 Å². The maximum absolute atomic E-state index is 9.93. The van der Waals surface area contributed by atoms with E-state index < -0.39 is 0 Å². The Labute approximate surface area is 139 Å². The molecule has 1 aliphatic rings. The molecule has 0 bridgehead atoms. The molecule has 0 aliphatic carbocycles. The van der Waals surface area contributed by atoms with Gasteiger partial charge in [0, 0.05) is 13.2 Å². The number of piperazine rings is 1. The average Bonchev–Trinajstić information content (AvgIpc) is 2.49. The van der Waals surface area contributed by atoms with Crippen LogP contribution in [0.3, 0.4) is 0 Å². The predicted molar refractivity (Wildman–Crippen MR) is 82.9 cm³/mol. The summed E-state index contributed by atoms with van der Waals surface area (Å²) in [5.41, 5.74) is 0.933. The predicted octanol–water partition coefficient (Wildman–Crippen LogP) is -2.50. The summed E-state index contributed by atoms with van der Waals surface area (Å²) in [6, 6.07) is 7.54. The lowest BCUT2D eigenvalue weighted by atomic mass is 10.2. The maximum atomic E-state index is 9.93. The number of nitrogens with one attached hydrogen (secondary N) is 1. The lowest BCUT2D eigenvalue weighted by Gasteiger charge is -2.35. The van der Waals surface area contributed by atoms with Crippen LogP contribution in [0.15, 0.2) is 24.3 Å². The quantitative estimate of drug-likeness (QED) is 0.543. The zero-order chi connectivity index (χ0) is 15.1. The number of phenols is 1. The highest BCUT2D eigenvalue weighted by atomic mass is 35.5. The maximum Gasteiger partial charge on any atom is 0.207 e. The van der Waals surface area contributed by atoms with E-state index in [0.29, 0.717) is 19.0 Å². The molecule has 6 heteroatoms. The molecule has 0 saturated carbocycles. The molecular weight excluding hydrogens is 304 g/mol. The summed E-state index contributed by atoms with van der Waals surface area (Å²) >= 11 is 0. The van der Waals surface area contributed by atoms with Crippen LogP contribution < -0.4 is 22.2 Å². The lowest BCUT2D eigenvalue weighted by molar-refractivity contribution is -0.906. The number of quaternary nitrogens is 1. The SMILES string of the molecule is CCOC(C[NH+]1CCN(c2ccccc2O)CC1)OCC.[Cl-]. The lowest BCUT2D eigenvalue weighted by Crippen LogP contribution is -3.16. The van der Waals surface area contributed by atoms with Crippen LogP contribution in [-0.4, -0.2) is 57.3 Å². The van der Waals surface area contributed by atoms with Gasteiger partial charge in [0.1, 0.15) is 12.3 Å². The third kappa shape index (κ3) is 5.32. The Bertz CT molecular complexity index is 420. The van der Waals surface area contributed by atoms with E-state index >= 15 is 0 Å². The molecule has 1 saturated heterocycles. The van der Waals surface area contributed by atoms with Gasteiger partial charge in [-0.3, -0.25) is 0 Å². The van der Waals surface area contributed by atoms with Crippen LogP contribution in [0.5, 0.6) is 5.75 Å². The van der Waals surface area contributed by atoms with Crippen LogP contribution in [0.4, 0.5) is 5.69 Å². The van der Waals surface area contributed by atoms with Gasteiger partial charge in [0.2, 0.25) is 6.29 Å². The van der Waals surface area contributed by atoms with Crippen molar-refractivity contribution >= 4 is 5.69 Å². The van der Waals surface area contributed by atoms with E-state index in [4.69, 9.17) is 9.47 Å². The Balaban J connectivity index is 0.00000242. The highest BCUT2D eigenvalue weighted by molar-refractivity contribution is 5.57. The van der Waals surface area contributed by atoms with E-state index in [1.54, 1.807) is 6.07 Å². The van der Waals surface area contributed by atoms with E-state index in [1.807, 2.05) is 32.0 Å². The van der Waals surface area contributed by atoms with Crippen molar-refractivity contribution in [3.8, 4) is 5.75 Å². The molecule has 1 aliphatic heterocycles. The number of halogens is 1. The summed E-state index contributed by atoms with van der Waals surface area (Å²) in [4.78, 5) is 3.74. The standard InChI is InChI=1S/C16H26N2O3.ClH/c1-3-20-16(21-4-2)13-17-9-11-18(12-10-17)14-7-5-6-8-15(14)19;/h5-8,16,19H,3-4,9-13H2,1-2H3;1H. The normalized spacial score (nSPS) is 15.9. The molecule has 0 amide bonds.